The summed E-state index contributed by atoms with van der Waals surface area (Å²) in [5.41, 5.74) is 1.29. The van der Waals surface area contributed by atoms with E-state index in [1.165, 1.54) is 5.56 Å². The Labute approximate surface area is 127 Å². The summed E-state index contributed by atoms with van der Waals surface area (Å²) in [5, 5.41) is 8.75. The fourth-order valence-electron chi connectivity index (χ4n) is 2.60. The molecule has 104 valence electrons. The Hall–Kier alpha value is -0.820. The smallest absolute Gasteiger partial charge is 0.304 e. The van der Waals surface area contributed by atoms with E-state index in [1.54, 1.807) is 0 Å². The standard InChI is InChI=1S/C14H18INO3/c15-19-13-5-1-3-11(9-13)12-4-2-7-16(10-12)8-6-14(17)18/h1,3,5,9,12H,2,4,6-8,10H2,(H,17,18). The van der Waals surface area contributed by atoms with Gasteiger partial charge in [-0.25, -0.2) is 0 Å². The van der Waals surface area contributed by atoms with Gasteiger partial charge in [0.1, 0.15) is 5.75 Å². The largest absolute Gasteiger partial charge is 0.481 e. The van der Waals surface area contributed by atoms with Crippen LogP contribution in [0.3, 0.4) is 0 Å². The van der Waals surface area contributed by atoms with Crippen molar-refractivity contribution in [1.82, 2.24) is 4.90 Å². The molecule has 1 aliphatic heterocycles. The lowest BCUT2D eigenvalue weighted by molar-refractivity contribution is -0.137. The number of carboxylic acids is 1. The summed E-state index contributed by atoms with van der Waals surface area (Å²) in [6, 6.07) is 8.17. The summed E-state index contributed by atoms with van der Waals surface area (Å²) >= 11 is 1.89. The van der Waals surface area contributed by atoms with Crippen molar-refractivity contribution in [3.8, 4) is 5.75 Å². The van der Waals surface area contributed by atoms with Crippen LogP contribution in [0, 0.1) is 0 Å². The second-order valence-electron chi connectivity index (χ2n) is 4.93. The third kappa shape index (κ3) is 4.35. The number of likely N-dealkylation sites (tertiary alicyclic amines) is 1. The van der Waals surface area contributed by atoms with Gasteiger partial charge < -0.3 is 13.1 Å². The molecule has 0 spiro atoms. The van der Waals surface area contributed by atoms with Crippen molar-refractivity contribution in [1.29, 1.82) is 0 Å². The van der Waals surface area contributed by atoms with E-state index in [2.05, 4.69) is 17.0 Å². The molecule has 0 bridgehead atoms. The molecule has 1 saturated heterocycles. The van der Waals surface area contributed by atoms with E-state index < -0.39 is 5.97 Å². The number of benzene rings is 1. The minimum atomic E-state index is -0.720. The highest BCUT2D eigenvalue weighted by Crippen LogP contribution is 2.29. The van der Waals surface area contributed by atoms with Gasteiger partial charge in [0.15, 0.2) is 23.0 Å². The Kier molecular flexibility index (Phi) is 5.45. The van der Waals surface area contributed by atoms with Gasteiger partial charge in [-0.15, -0.1) is 0 Å². The molecular formula is C14H18INO3. The van der Waals surface area contributed by atoms with Gasteiger partial charge in [-0.1, -0.05) is 12.1 Å². The maximum absolute atomic E-state index is 10.6. The second kappa shape index (κ2) is 7.09. The van der Waals surface area contributed by atoms with Crippen LogP contribution in [0.15, 0.2) is 24.3 Å². The van der Waals surface area contributed by atoms with E-state index in [-0.39, 0.29) is 6.42 Å². The number of hydrogen-bond donors (Lipinski definition) is 1. The maximum Gasteiger partial charge on any atom is 0.304 e. The summed E-state index contributed by atoms with van der Waals surface area (Å²) in [7, 11) is 0. The predicted molar refractivity (Wildman–Crippen MR) is 81.8 cm³/mol. The molecule has 1 unspecified atom stereocenters. The Balaban J connectivity index is 1.97. The van der Waals surface area contributed by atoms with Gasteiger partial charge in [-0.2, -0.15) is 0 Å². The molecule has 1 N–H and O–H groups in total. The topological polar surface area (TPSA) is 49.8 Å². The molecule has 1 aromatic rings. The molecule has 2 rings (SSSR count). The third-order valence-electron chi connectivity index (χ3n) is 3.57. The highest BCUT2D eigenvalue weighted by atomic mass is 127. The van der Waals surface area contributed by atoms with Crippen LogP contribution < -0.4 is 3.07 Å². The summed E-state index contributed by atoms with van der Waals surface area (Å²) in [5.74, 6) is 0.636. The summed E-state index contributed by atoms with van der Waals surface area (Å²) < 4.78 is 5.23. The lowest BCUT2D eigenvalue weighted by atomic mass is 9.90. The van der Waals surface area contributed by atoms with Crippen LogP contribution in [0.25, 0.3) is 0 Å². The van der Waals surface area contributed by atoms with Crippen LogP contribution in [-0.4, -0.2) is 35.6 Å². The SMILES string of the molecule is O=C(O)CCN1CCCC(c2cccc(OI)c2)C1. The lowest BCUT2D eigenvalue weighted by Gasteiger charge is -2.32. The molecule has 19 heavy (non-hydrogen) atoms. The Morgan fingerprint density at radius 2 is 2.37 bits per heavy atom. The van der Waals surface area contributed by atoms with Crippen LogP contribution in [0.4, 0.5) is 0 Å². The zero-order chi connectivity index (χ0) is 13.7. The third-order valence-corrected chi connectivity index (χ3v) is 4.07. The zero-order valence-corrected chi connectivity index (χ0v) is 12.9. The fraction of sp³-hybridized carbons (Fsp3) is 0.500. The molecule has 0 radical (unpaired) electrons. The van der Waals surface area contributed by atoms with Crippen molar-refractivity contribution in [2.75, 3.05) is 19.6 Å². The highest BCUT2D eigenvalue weighted by Gasteiger charge is 2.21. The van der Waals surface area contributed by atoms with Gasteiger partial charge in [0.05, 0.1) is 6.42 Å². The van der Waals surface area contributed by atoms with E-state index in [0.717, 1.165) is 31.7 Å². The molecule has 1 fully saturated rings. The monoisotopic (exact) mass is 375 g/mol. The minimum absolute atomic E-state index is 0.226. The molecule has 0 aromatic heterocycles. The van der Waals surface area contributed by atoms with Gasteiger partial charge >= 0.3 is 5.97 Å². The normalized spacial score (nSPS) is 20.2. The molecule has 1 heterocycles. The maximum atomic E-state index is 10.6. The Bertz CT molecular complexity index is 438. The first-order valence-electron chi connectivity index (χ1n) is 6.51. The van der Waals surface area contributed by atoms with Gasteiger partial charge in [0.25, 0.3) is 0 Å². The van der Waals surface area contributed by atoms with Crippen molar-refractivity contribution in [2.24, 2.45) is 0 Å². The Morgan fingerprint density at radius 1 is 1.53 bits per heavy atom. The van der Waals surface area contributed by atoms with Crippen LogP contribution in [0.5, 0.6) is 5.75 Å². The molecule has 5 heteroatoms. The van der Waals surface area contributed by atoms with E-state index in [0.29, 0.717) is 12.5 Å². The van der Waals surface area contributed by atoms with Crippen LogP contribution >= 0.6 is 23.0 Å². The van der Waals surface area contributed by atoms with Gasteiger partial charge in [-0.3, -0.25) is 4.79 Å². The second-order valence-corrected chi connectivity index (χ2v) is 5.37. The number of carboxylic acid groups (broad SMARTS) is 1. The molecule has 1 aliphatic rings. The molecular weight excluding hydrogens is 357 g/mol. The number of nitrogens with zero attached hydrogens (tertiary/aromatic N) is 1. The first-order valence-corrected chi connectivity index (χ1v) is 7.40. The van der Waals surface area contributed by atoms with E-state index in [9.17, 15) is 4.79 Å². The van der Waals surface area contributed by atoms with Crippen LogP contribution in [0.1, 0.15) is 30.7 Å². The quantitative estimate of drug-likeness (QED) is 0.804. The predicted octanol–water partition coefficient (Wildman–Crippen LogP) is 3.07. The molecule has 0 aliphatic carbocycles. The fourth-order valence-corrected chi connectivity index (χ4v) is 2.87. The van der Waals surface area contributed by atoms with Gasteiger partial charge in [0, 0.05) is 13.1 Å². The first kappa shape index (κ1) is 14.6. The summed E-state index contributed by atoms with van der Waals surface area (Å²) in [4.78, 5) is 12.9. The molecule has 1 aromatic carbocycles. The number of piperidine rings is 1. The minimum Gasteiger partial charge on any atom is -0.481 e. The first-order chi connectivity index (χ1) is 9.19. The molecule has 4 nitrogen and oxygen atoms in total. The number of carbonyl (C=O) groups is 1. The van der Waals surface area contributed by atoms with E-state index in [1.807, 2.05) is 35.1 Å². The van der Waals surface area contributed by atoms with Crippen molar-refractivity contribution >= 4 is 29.0 Å². The van der Waals surface area contributed by atoms with E-state index >= 15 is 0 Å². The number of halogens is 1. The molecule has 0 amide bonds. The molecule has 0 saturated carbocycles. The average Bonchev–Trinajstić information content (AvgIpc) is 2.45. The van der Waals surface area contributed by atoms with Crippen molar-refractivity contribution in [2.45, 2.75) is 25.2 Å². The van der Waals surface area contributed by atoms with Crippen molar-refractivity contribution in [3.05, 3.63) is 29.8 Å². The zero-order valence-electron chi connectivity index (χ0n) is 10.7. The van der Waals surface area contributed by atoms with E-state index in [4.69, 9.17) is 8.17 Å². The summed E-state index contributed by atoms with van der Waals surface area (Å²) in [6.45, 7) is 2.60. The lowest BCUT2D eigenvalue weighted by Crippen LogP contribution is -2.35. The van der Waals surface area contributed by atoms with Crippen LogP contribution in [-0.2, 0) is 4.79 Å². The number of aliphatic carboxylic acids is 1. The van der Waals surface area contributed by atoms with Gasteiger partial charge in [-0.05, 0) is 43.0 Å². The summed E-state index contributed by atoms with van der Waals surface area (Å²) in [6.07, 6.45) is 2.51. The number of hydrogen-bond acceptors (Lipinski definition) is 3. The van der Waals surface area contributed by atoms with Crippen molar-refractivity contribution < 1.29 is 13.0 Å². The van der Waals surface area contributed by atoms with Crippen molar-refractivity contribution in [3.63, 3.8) is 0 Å². The molecule has 1 atom stereocenters. The number of rotatable bonds is 5. The van der Waals surface area contributed by atoms with Gasteiger partial charge in [0.2, 0.25) is 0 Å². The highest BCUT2D eigenvalue weighted by molar-refractivity contribution is 14.1. The average molecular weight is 375 g/mol. The van der Waals surface area contributed by atoms with Crippen LogP contribution in [0.2, 0.25) is 0 Å². The Morgan fingerprint density at radius 3 is 3.11 bits per heavy atom.